The van der Waals surface area contributed by atoms with Gasteiger partial charge in [0.2, 0.25) is 0 Å². The summed E-state index contributed by atoms with van der Waals surface area (Å²) < 4.78 is 28.9. The highest BCUT2D eigenvalue weighted by molar-refractivity contribution is 7.92. The number of sulfonamides is 1. The van der Waals surface area contributed by atoms with E-state index < -0.39 is 10.0 Å². The average molecular weight is 346 g/mol. The van der Waals surface area contributed by atoms with Crippen LogP contribution < -0.4 is 4.72 Å². The van der Waals surface area contributed by atoms with E-state index in [-0.39, 0.29) is 10.8 Å². The van der Waals surface area contributed by atoms with Gasteiger partial charge >= 0.3 is 0 Å². The second kappa shape index (κ2) is 6.08. The molecule has 1 aromatic carbocycles. The van der Waals surface area contributed by atoms with Crippen molar-refractivity contribution in [2.24, 2.45) is 0 Å². The molecule has 0 aliphatic carbocycles. The van der Waals surface area contributed by atoms with E-state index in [9.17, 15) is 8.42 Å². The maximum Gasteiger partial charge on any atom is 0.267 e. The van der Waals surface area contributed by atoms with Crippen LogP contribution in [0.5, 0.6) is 0 Å². The second-order valence-electron chi connectivity index (χ2n) is 5.56. The summed E-state index contributed by atoms with van der Waals surface area (Å²) in [6.07, 6.45) is 1.50. The quantitative estimate of drug-likeness (QED) is 0.732. The van der Waals surface area contributed by atoms with E-state index in [2.05, 4.69) is 25.0 Å². The van der Waals surface area contributed by atoms with Crippen LogP contribution in [0.4, 0.5) is 5.95 Å². The molecule has 0 bridgehead atoms. The Balaban J connectivity index is 1.80. The van der Waals surface area contributed by atoms with Crippen LogP contribution >= 0.6 is 0 Å². The molecule has 0 radical (unpaired) electrons. The molecule has 0 spiro atoms. The van der Waals surface area contributed by atoms with E-state index in [4.69, 9.17) is 0 Å². The second-order valence-corrected chi connectivity index (χ2v) is 7.18. The maximum absolute atomic E-state index is 12.5. The zero-order chi connectivity index (χ0) is 17.3. The van der Waals surface area contributed by atoms with Crippen LogP contribution in [0.15, 0.2) is 35.5 Å². The van der Waals surface area contributed by atoms with Gasteiger partial charge in [-0.25, -0.2) is 17.8 Å². The van der Waals surface area contributed by atoms with Gasteiger partial charge < -0.3 is 0 Å². The highest BCUT2D eigenvalue weighted by atomic mass is 32.2. The number of aromatic amines is 1. The van der Waals surface area contributed by atoms with Gasteiger partial charge in [-0.2, -0.15) is 10.1 Å². The molecule has 0 fully saturated rings. The van der Waals surface area contributed by atoms with Gasteiger partial charge in [0, 0.05) is 0 Å². The number of rotatable bonds is 5. The molecule has 0 aliphatic rings. The number of nitrogens with zero attached hydrogens (tertiary/aromatic N) is 4. The Morgan fingerprint density at radius 1 is 1.21 bits per heavy atom. The van der Waals surface area contributed by atoms with Gasteiger partial charge in [-0.15, -0.1) is 5.10 Å². The van der Waals surface area contributed by atoms with Crippen molar-refractivity contribution in [2.45, 2.75) is 32.2 Å². The third kappa shape index (κ3) is 3.16. The van der Waals surface area contributed by atoms with Gasteiger partial charge in [0.05, 0.1) is 17.9 Å². The Labute approximate surface area is 140 Å². The molecule has 2 heterocycles. The van der Waals surface area contributed by atoms with Gasteiger partial charge in [0.1, 0.15) is 11.2 Å². The summed E-state index contributed by atoms with van der Waals surface area (Å²) in [5, 5.41) is 10.7. The first-order valence-corrected chi connectivity index (χ1v) is 8.83. The van der Waals surface area contributed by atoms with Crippen molar-refractivity contribution >= 4 is 16.0 Å². The topological polar surface area (TPSA) is 106 Å². The number of hydrogen-bond acceptors (Lipinski definition) is 5. The molecular formula is C15H18N6O2S. The molecule has 24 heavy (non-hydrogen) atoms. The molecule has 2 N–H and O–H groups in total. The van der Waals surface area contributed by atoms with E-state index in [1.165, 1.54) is 6.33 Å². The van der Waals surface area contributed by atoms with Crippen molar-refractivity contribution in [1.29, 1.82) is 0 Å². The molecular weight excluding hydrogens is 328 g/mol. The predicted molar refractivity (Wildman–Crippen MR) is 89.2 cm³/mol. The third-order valence-electron chi connectivity index (χ3n) is 3.68. The lowest BCUT2D eigenvalue weighted by atomic mass is 10.1. The fraction of sp³-hybridized carbons (Fsp3) is 0.267. The van der Waals surface area contributed by atoms with E-state index in [0.29, 0.717) is 17.9 Å². The summed E-state index contributed by atoms with van der Waals surface area (Å²) in [6.45, 7) is 5.81. The summed E-state index contributed by atoms with van der Waals surface area (Å²) >= 11 is 0. The molecule has 0 atom stereocenters. The lowest BCUT2D eigenvalue weighted by Crippen LogP contribution is -2.16. The minimum atomic E-state index is -3.78. The first-order chi connectivity index (χ1) is 11.4. The average Bonchev–Trinajstić information content (AvgIpc) is 3.08. The molecule has 8 nitrogen and oxygen atoms in total. The van der Waals surface area contributed by atoms with Crippen LogP contribution in [0, 0.1) is 20.8 Å². The SMILES string of the molecule is Cc1ccccc1Cn1cnc(NS(=O)(=O)c2c(C)n[nH]c2C)n1. The Bertz CT molecular complexity index is 954. The number of aryl methyl sites for hydroxylation is 3. The number of nitrogens with one attached hydrogen (secondary N) is 2. The van der Waals surface area contributed by atoms with E-state index in [0.717, 1.165) is 11.1 Å². The molecule has 3 rings (SSSR count). The fourth-order valence-corrected chi connectivity index (χ4v) is 3.81. The van der Waals surface area contributed by atoms with E-state index >= 15 is 0 Å². The minimum Gasteiger partial charge on any atom is -0.281 e. The standard InChI is InChI=1S/C15H18N6O2S/c1-10-6-4-5-7-13(10)8-21-9-16-15(19-21)20-24(22,23)14-11(2)17-18-12(14)3/h4-7,9H,8H2,1-3H3,(H,17,18)(H,19,20). The van der Waals surface area contributed by atoms with Gasteiger partial charge in [-0.05, 0) is 31.9 Å². The van der Waals surface area contributed by atoms with Crippen LogP contribution in [0.1, 0.15) is 22.5 Å². The van der Waals surface area contributed by atoms with Gasteiger partial charge in [0.25, 0.3) is 16.0 Å². The molecule has 0 saturated heterocycles. The van der Waals surface area contributed by atoms with Crippen LogP contribution in [0.2, 0.25) is 0 Å². The highest BCUT2D eigenvalue weighted by Gasteiger charge is 2.23. The van der Waals surface area contributed by atoms with Crippen molar-refractivity contribution in [3.8, 4) is 0 Å². The van der Waals surface area contributed by atoms with Crippen LogP contribution in [-0.4, -0.2) is 33.4 Å². The van der Waals surface area contributed by atoms with Crippen molar-refractivity contribution in [3.05, 3.63) is 53.1 Å². The highest BCUT2D eigenvalue weighted by Crippen LogP contribution is 2.19. The smallest absolute Gasteiger partial charge is 0.267 e. The van der Waals surface area contributed by atoms with E-state index in [1.54, 1.807) is 18.5 Å². The van der Waals surface area contributed by atoms with Crippen LogP contribution in [0.3, 0.4) is 0 Å². The molecule has 0 saturated carbocycles. The maximum atomic E-state index is 12.5. The summed E-state index contributed by atoms with van der Waals surface area (Å²) in [4.78, 5) is 4.15. The zero-order valence-electron chi connectivity index (χ0n) is 13.6. The number of aromatic nitrogens is 5. The van der Waals surface area contributed by atoms with Crippen LogP contribution in [0.25, 0.3) is 0 Å². The van der Waals surface area contributed by atoms with Gasteiger partial charge in [0.15, 0.2) is 0 Å². The number of benzene rings is 1. The summed E-state index contributed by atoms with van der Waals surface area (Å²) in [5.41, 5.74) is 3.11. The molecule has 0 aliphatic heterocycles. The van der Waals surface area contributed by atoms with Crippen molar-refractivity contribution < 1.29 is 8.42 Å². The monoisotopic (exact) mass is 346 g/mol. The fourth-order valence-electron chi connectivity index (χ4n) is 2.49. The molecule has 2 aromatic heterocycles. The summed E-state index contributed by atoms with van der Waals surface area (Å²) in [5.74, 6) is 0.0311. The van der Waals surface area contributed by atoms with Crippen molar-refractivity contribution in [3.63, 3.8) is 0 Å². The first kappa shape index (κ1) is 16.2. The Morgan fingerprint density at radius 3 is 2.62 bits per heavy atom. The number of hydrogen-bond donors (Lipinski definition) is 2. The van der Waals surface area contributed by atoms with Crippen molar-refractivity contribution in [1.82, 2.24) is 25.0 Å². The van der Waals surface area contributed by atoms with Gasteiger partial charge in [-0.1, -0.05) is 24.3 Å². The zero-order valence-corrected chi connectivity index (χ0v) is 14.4. The first-order valence-electron chi connectivity index (χ1n) is 7.35. The lowest BCUT2D eigenvalue weighted by Gasteiger charge is -2.05. The van der Waals surface area contributed by atoms with Crippen LogP contribution in [-0.2, 0) is 16.6 Å². The predicted octanol–water partition coefficient (Wildman–Crippen LogP) is 1.78. The Kier molecular flexibility index (Phi) is 4.10. The summed E-state index contributed by atoms with van der Waals surface area (Å²) in [7, 11) is -3.78. The molecule has 0 unspecified atom stereocenters. The Hall–Kier alpha value is -2.68. The summed E-state index contributed by atoms with van der Waals surface area (Å²) in [6, 6.07) is 7.93. The van der Waals surface area contributed by atoms with Gasteiger partial charge in [-0.3, -0.25) is 5.10 Å². The molecule has 3 aromatic rings. The van der Waals surface area contributed by atoms with E-state index in [1.807, 2.05) is 31.2 Å². The minimum absolute atomic E-state index is 0.0311. The molecule has 9 heteroatoms. The largest absolute Gasteiger partial charge is 0.281 e. The Morgan fingerprint density at radius 2 is 1.96 bits per heavy atom. The molecule has 0 amide bonds. The third-order valence-corrected chi connectivity index (χ3v) is 5.28. The number of anilines is 1. The lowest BCUT2D eigenvalue weighted by molar-refractivity contribution is 0.599. The normalized spacial score (nSPS) is 11.6. The number of H-pyrrole nitrogens is 1. The van der Waals surface area contributed by atoms with Crippen molar-refractivity contribution in [2.75, 3.05) is 4.72 Å². The molecule has 126 valence electrons.